The molecule has 0 aromatic carbocycles. The number of aryl methyl sites for hydroxylation is 1. The van der Waals surface area contributed by atoms with Crippen molar-refractivity contribution in [3.05, 3.63) is 23.5 Å². The number of rotatable bonds is 15. The van der Waals surface area contributed by atoms with Crippen LogP contribution in [0.2, 0.25) is 0 Å². The molecule has 0 amide bonds. The number of carbonyl (C=O) groups excluding carboxylic acids is 6. The Labute approximate surface area is 367 Å². The average Bonchev–Trinajstić information content (AvgIpc) is 3.72. The van der Waals surface area contributed by atoms with Gasteiger partial charge in [0, 0.05) is 50.0 Å². The van der Waals surface area contributed by atoms with Crippen molar-refractivity contribution in [1.29, 1.82) is 0 Å². The van der Waals surface area contributed by atoms with E-state index in [9.17, 15) is 54.3 Å². The van der Waals surface area contributed by atoms with Gasteiger partial charge in [-0.2, -0.15) is 0 Å². The van der Waals surface area contributed by atoms with Crippen LogP contribution < -0.4 is 0 Å². The summed E-state index contributed by atoms with van der Waals surface area (Å²) in [5.41, 5.74) is -5.97. The van der Waals surface area contributed by atoms with Crippen LogP contribution in [0, 0.1) is 39.4 Å². The highest BCUT2D eigenvalue weighted by atomic mass is 16.7. The lowest BCUT2D eigenvalue weighted by Gasteiger charge is -2.64. The lowest BCUT2D eigenvalue weighted by Crippen LogP contribution is -2.65. The monoisotopic (exact) mass is 887 g/mol. The number of carbonyl (C=O) groups is 6. The number of aliphatic hydroxyl groups excluding tert-OH is 4. The number of nitrogens with zero attached hydrogens (tertiary/aromatic N) is 3. The number of aromatic nitrogens is 3. The molecule has 18 nitrogen and oxygen atoms in total. The zero-order chi connectivity index (χ0) is 46.8. The van der Waals surface area contributed by atoms with E-state index in [0.717, 1.165) is 5.57 Å². The van der Waals surface area contributed by atoms with Gasteiger partial charge in [0.25, 0.3) is 0 Å². The number of esters is 2. The van der Waals surface area contributed by atoms with E-state index >= 15 is 0 Å². The molecule has 13 atom stereocenters. The molecule has 1 aliphatic heterocycles. The molecular formula is C45H65N3O15. The fourth-order valence-corrected chi connectivity index (χ4v) is 11.9. The number of ether oxygens (including phenoxy) is 4. The van der Waals surface area contributed by atoms with Crippen LogP contribution in [0.25, 0.3) is 0 Å². The third-order valence-electron chi connectivity index (χ3n) is 15.6. The van der Waals surface area contributed by atoms with Crippen molar-refractivity contribution in [1.82, 2.24) is 15.0 Å². The number of ketones is 4. The first-order valence-electron chi connectivity index (χ1n) is 21.9. The molecule has 1 aromatic heterocycles. The van der Waals surface area contributed by atoms with Gasteiger partial charge in [-0.3, -0.25) is 33.4 Å². The molecule has 18 heteroatoms. The molecule has 0 unspecified atom stereocenters. The zero-order valence-corrected chi connectivity index (χ0v) is 37.8. The van der Waals surface area contributed by atoms with Gasteiger partial charge in [-0.05, 0) is 83.0 Å². The maximum atomic E-state index is 14.9. The third-order valence-corrected chi connectivity index (χ3v) is 15.6. The van der Waals surface area contributed by atoms with E-state index < -0.39 is 112 Å². The SMILES string of the molecule is CC(=O)OC(C)(C)CCC(=O)[C@](C)(O)[C@H]1C(=O)C[C@@]2(C)[C@@H]3CC=C4[C@@H](C[C@H](OC(=O)CCCn5cc(CO[C@@H]6O[C@H](CO)[C@H](O)[C@H](O)[C@H]6O)nn5)C(=O)C4(C)C)[C@]3(C)C(=O)C[C@]12C. The number of fused-ring (bicyclic) bond motifs is 5. The second-order valence-corrected chi connectivity index (χ2v) is 20.5. The van der Waals surface area contributed by atoms with Crippen LogP contribution >= 0.6 is 0 Å². The van der Waals surface area contributed by atoms with E-state index in [0.29, 0.717) is 12.1 Å². The molecular weight excluding hydrogens is 823 g/mol. The van der Waals surface area contributed by atoms with Crippen LogP contribution in [-0.2, 0) is 60.9 Å². The molecule has 5 aliphatic rings. The van der Waals surface area contributed by atoms with Gasteiger partial charge in [0.1, 0.15) is 52.9 Å². The fraction of sp³-hybridized carbons (Fsp3) is 0.778. The zero-order valence-electron chi connectivity index (χ0n) is 37.8. The number of hydrogen-bond donors (Lipinski definition) is 5. The molecule has 1 saturated heterocycles. The summed E-state index contributed by atoms with van der Waals surface area (Å²) in [6.45, 7) is 14.7. The normalized spacial score (nSPS) is 37.3. The molecule has 350 valence electrons. The summed E-state index contributed by atoms with van der Waals surface area (Å²) in [4.78, 5) is 81.9. The van der Waals surface area contributed by atoms with Gasteiger partial charge < -0.3 is 44.5 Å². The summed E-state index contributed by atoms with van der Waals surface area (Å²) in [6.07, 6.45) is -4.10. The van der Waals surface area contributed by atoms with Crippen molar-refractivity contribution in [2.45, 2.75) is 175 Å². The molecule has 5 N–H and O–H groups in total. The minimum Gasteiger partial charge on any atom is -0.460 e. The Bertz CT molecular complexity index is 2020. The highest BCUT2D eigenvalue weighted by molar-refractivity contribution is 6.00. The summed E-state index contributed by atoms with van der Waals surface area (Å²) in [5.74, 6) is -4.44. The first-order valence-corrected chi connectivity index (χ1v) is 21.9. The van der Waals surface area contributed by atoms with E-state index in [2.05, 4.69) is 10.3 Å². The van der Waals surface area contributed by atoms with E-state index in [1.165, 1.54) is 18.5 Å². The lowest BCUT2D eigenvalue weighted by molar-refractivity contribution is -0.304. The molecule has 3 saturated carbocycles. The smallest absolute Gasteiger partial charge is 0.306 e. The topological polar surface area (TPSA) is 271 Å². The minimum absolute atomic E-state index is 0.0409. The maximum Gasteiger partial charge on any atom is 0.306 e. The average molecular weight is 888 g/mol. The van der Waals surface area contributed by atoms with Crippen LogP contribution in [0.3, 0.4) is 0 Å². The molecule has 6 rings (SSSR count). The van der Waals surface area contributed by atoms with Crippen LogP contribution in [0.5, 0.6) is 0 Å². The Kier molecular flexibility index (Phi) is 13.3. The van der Waals surface area contributed by atoms with E-state index in [-0.39, 0.29) is 75.4 Å². The summed E-state index contributed by atoms with van der Waals surface area (Å²) >= 11 is 0. The second kappa shape index (κ2) is 17.2. The molecule has 4 fully saturated rings. The van der Waals surface area contributed by atoms with Crippen LogP contribution in [-0.4, -0.2) is 130 Å². The first-order chi connectivity index (χ1) is 29.1. The number of Topliss-reactive ketones (excluding diaryl/α,β-unsaturated/α-hetero) is 4. The van der Waals surface area contributed by atoms with Crippen molar-refractivity contribution < 1.29 is 73.2 Å². The van der Waals surface area contributed by atoms with Crippen molar-refractivity contribution in [2.24, 2.45) is 39.4 Å². The van der Waals surface area contributed by atoms with E-state index in [1.54, 1.807) is 33.9 Å². The van der Waals surface area contributed by atoms with Crippen LogP contribution in [0.4, 0.5) is 0 Å². The Hall–Kier alpha value is -3.78. The standard InChI is InChI=1S/C45H65N3O15/c1-23(50)63-40(2,3)15-14-31(52)45(9,59)37-27(51)18-42(6)30-13-12-25-26(44(30,8)32(53)19-43(37,42)7)17-28(38(58)41(25,4)5)61-33(54)11-10-16-48-20-24(46-47-48)22-60-39-36(57)35(56)34(55)29(21-49)62-39/h12,20,26,28-30,34-37,39,49,55-57,59H,10-11,13-19,21-22H2,1-9H3/t26-,28+,29-,30+,34+,35+,36-,37+,39-,42+,43-,44+,45+/m1/s1. The quantitative estimate of drug-likeness (QED) is 0.124. The van der Waals surface area contributed by atoms with Crippen LogP contribution in [0.1, 0.15) is 119 Å². The van der Waals surface area contributed by atoms with Crippen molar-refractivity contribution >= 4 is 35.1 Å². The van der Waals surface area contributed by atoms with Gasteiger partial charge in [-0.15, -0.1) is 5.10 Å². The summed E-state index contributed by atoms with van der Waals surface area (Å²) in [6, 6.07) is 0. The van der Waals surface area contributed by atoms with Crippen molar-refractivity contribution in [3.8, 4) is 0 Å². The van der Waals surface area contributed by atoms with E-state index in [1.807, 2.05) is 26.8 Å². The Balaban J connectivity index is 1.11. The third kappa shape index (κ3) is 8.49. The van der Waals surface area contributed by atoms with Gasteiger partial charge in [0.05, 0.1) is 25.3 Å². The predicted octanol–water partition coefficient (Wildman–Crippen LogP) is 1.87. The number of allylic oxidation sites excluding steroid dienone is 2. The van der Waals surface area contributed by atoms with Crippen molar-refractivity contribution in [2.75, 3.05) is 6.61 Å². The predicted molar refractivity (Wildman–Crippen MR) is 219 cm³/mol. The molecule has 0 spiro atoms. The number of aliphatic hydroxyl groups is 5. The van der Waals surface area contributed by atoms with Gasteiger partial charge in [-0.1, -0.05) is 37.6 Å². The molecule has 1 aromatic rings. The highest BCUT2D eigenvalue weighted by Gasteiger charge is 2.75. The fourth-order valence-electron chi connectivity index (χ4n) is 11.9. The molecule has 4 aliphatic carbocycles. The molecule has 0 radical (unpaired) electrons. The van der Waals surface area contributed by atoms with E-state index in [4.69, 9.17) is 18.9 Å². The van der Waals surface area contributed by atoms with Gasteiger partial charge in [0.15, 0.2) is 24.0 Å². The number of hydrogen-bond acceptors (Lipinski definition) is 17. The maximum absolute atomic E-state index is 14.9. The van der Waals surface area contributed by atoms with Gasteiger partial charge in [0.2, 0.25) is 0 Å². The summed E-state index contributed by atoms with van der Waals surface area (Å²) in [5, 5.41) is 59.7. The Morgan fingerprint density at radius 3 is 2.30 bits per heavy atom. The Morgan fingerprint density at radius 2 is 1.65 bits per heavy atom. The molecule has 2 heterocycles. The largest absolute Gasteiger partial charge is 0.460 e. The lowest BCUT2D eigenvalue weighted by atomic mass is 9.38. The van der Waals surface area contributed by atoms with Gasteiger partial charge in [-0.25, -0.2) is 0 Å². The highest BCUT2D eigenvalue weighted by Crippen LogP contribution is 2.73. The van der Waals surface area contributed by atoms with Gasteiger partial charge >= 0.3 is 11.9 Å². The second-order valence-electron chi connectivity index (χ2n) is 20.5. The molecule has 0 bridgehead atoms. The minimum atomic E-state index is -2.10. The van der Waals surface area contributed by atoms with Crippen LogP contribution in [0.15, 0.2) is 17.8 Å². The summed E-state index contributed by atoms with van der Waals surface area (Å²) in [7, 11) is 0. The molecule has 63 heavy (non-hydrogen) atoms. The summed E-state index contributed by atoms with van der Waals surface area (Å²) < 4.78 is 23.6. The first kappa shape index (κ1) is 48.7. The van der Waals surface area contributed by atoms with Crippen molar-refractivity contribution in [3.63, 3.8) is 0 Å². The Morgan fingerprint density at radius 1 is 0.968 bits per heavy atom.